The molecule has 0 radical (unpaired) electrons. The number of aryl methyl sites for hydroxylation is 1. The number of aliphatic hydroxyl groups excluding tert-OH is 2. The van der Waals surface area contributed by atoms with E-state index in [9.17, 15) is 18.4 Å². The Labute approximate surface area is 254 Å². The van der Waals surface area contributed by atoms with Crippen molar-refractivity contribution in [3.63, 3.8) is 0 Å². The highest BCUT2D eigenvalue weighted by atomic mass is 19.3. The predicted molar refractivity (Wildman–Crippen MR) is 161 cm³/mol. The van der Waals surface area contributed by atoms with Crippen LogP contribution in [-0.2, 0) is 25.6 Å². The first-order chi connectivity index (χ1) is 21.2. The molecule has 0 aliphatic carbocycles. The Bertz CT molecular complexity index is 1460. The Morgan fingerprint density at radius 2 is 1.36 bits per heavy atom. The maximum atomic E-state index is 12.4. The fourth-order valence-electron chi connectivity index (χ4n) is 4.07. The summed E-state index contributed by atoms with van der Waals surface area (Å²) in [6.07, 6.45) is 2.57. The van der Waals surface area contributed by atoms with Crippen LogP contribution in [0.15, 0.2) is 103 Å². The molecule has 0 unspecified atom stereocenters. The van der Waals surface area contributed by atoms with E-state index >= 15 is 0 Å². The number of benzene rings is 3. The topological polar surface area (TPSA) is 112 Å². The van der Waals surface area contributed by atoms with Crippen molar-refractivity contribution in [1.29, 1.82) is 0 Å². The Balaban J connectivity index is 1.74. The van der Waals surface area contributed by atoms with Gasteiger partial charge in [0.25, 0.3) is 6.08 Å². The van der Waals surface area contributed by atoms with Gasteiger partial charge in [0.2, 0.25) is 6.79 Å². The third-order valence-corrected chi connectivity index (χ3v) is 6.50. The van der Waals surface area contributed by atoms with Crippen molar-refractivity contribution in [2.45, 2.75) is 32.1 Å². The number of rotatable bonds is 17. The van der Waals surface area contributed by atoms with Gasteiger partial charge in [-0.25, -0.2) is 14.5 Å². The predicted octanol–water partition coefficient (Wildman–Crippen LogP) is 6.72. The maximum Gasteiger partial charge on any atom is 0.383 e. The van der Waals surface area contributed by atoms with Crippen LogP contribution in [0.5, 0.6) is 11.5 Å². The number of hydrogen-bond donors (Lipinski definition) is 2. The van der Waals surface area contributed by atoms with Crippen molar-refractivity contribution in [2.24, 2.45) is 0 Å². The summed E-state index contributed by atoms with van der Waals surface area (Å²) in [6.45, 7) is 5.42. The van der Waals surface area contributed by atoms with Gasteiger partial charge in [-0.05, 0) is 83.8 Å². The van der Waals surface area contributed by atoms with Crippen molar-refractivity contribution in [1.82, 2.24) is 0 Å². The molecule has 44 heavy (non-hydrogen) atoms. The average molecular weight is 609 g/mol. The molecule has 0 spiro atoms. The molecular formula is C34H34F2O8. The zero-order chi connectivity index (χ0) is 31.9. The molecule has 0 bridgehead atoms. The van der Waals surface area contributed by atoms with Gasteiger partial charge in [0, 0.05) is 0 Å². The molecule has 0 fully saturated rings. The molecule has 0 aromatic heterocycles. The van der Waals surface area contributed by atoms with Crippen molar-refractivity contribution in [3.05, 3.63) is 109 Å². The summed E-state index contributed by atoms with van der Waals surface area (Å²) < 4.78 is 35.1. The highest BCUT2D eigenvalue weighted by Crippen LogP contribution is 2.32. The molecule has 0 atom stereocenters. The van der Waals surface area contributed by atoms with E-state index in [1.165, 1.54) is 0 Å². The summed E-state index contributed by atoms with van der Waals surface area (Å²) in [5.41, 5.74) is 4.62. The molecule has 3 rings (SSSR count). The Morgan fingerprint density at radius 1 is 0.750 bits per heavy atom. The highest BCUT2D eigenvalue weighted by molar-refractivity contribution is 5.88. The quantitative estimate of drug-likeness (QED) is 0.0434. The number of halogens is 2. The summed E-state index contributed by atoms with van der Waals surface area (Å²) in [5.74, 6) is -0.834. The largest absolute Gasteiger partial charge is 0.457 e. The van der Waals surface area contributed by atoms with Crippen LogP contribution in [0.1, 0.15) is 31.2 Å². The molecule has 8 nitrogen and oxygen atoms in total. The SMILES string of the molecule is C=C(CO)C(=O)OCOc1ccc(-c2ccc(-c3ccc(OOC(=O)C(=C)CO)cc3)c(CCCCCC=C(F)F)c2)cc1. The second kappa shape index (κ2) is 17.3. The van der Waals surface area contributed by atoms with Gasteiger partial charge >= 0.3 is 11.9 Å². The first kappa shape index (κ1) is 33.7. The first-order valence-electron chi connectivity index (χ1n) is 13.8. The third kappa shape index (κ3) is 10.5. The van der Waals surface area contributed by atoms with Crippen LogP contribution in [0.2, 0.25) is 0 Å². The van der Waals surface area contributed by atoms with Crippen molar-refractivity contribution in [2.75, 3.05) is 20.0 Å². The molecule has 10 heteroatoms. The molecule has 0 aliphatic heterocycles. The summed E-state index contributed by atoms with van der Waals surface area (Å²) >= 11 is 0. The lowest BCUT2D eigenvalue weighted by atomic mass is 9.92. The summed E-state index contributed by atoms with van der Waals surface area (Å²) in [7, 11) is 0. The second-order valence-corrected chi connectivity index (χ2v) is 9.69. The molecular weight excluding hydrogens is 574 g/mol. The Morgan fingerprint density at radius 3 is 2.02 bits per heavy atom. The van der Waals surface area contributed by atoms with Crippen molar-refractivity contribution < 1.29 is 47.8 Å². The van der Waals surface area contributed by atoms with Crippen LogP contribution in [0.4, 0.5) is 8.78 Å². The van der Waals surface area contributed by atoms with Gasteiger partial charge in [0.1, 0.15) is 5.75 Å². The second-order valence-electron chi connectivity index (χ2n) is 9.69. The molecule has 3 aromatic carbocycles. The number of esters is 1. The minimum Gasteiger partial charge on any atom is -0.457 e. The van der Waals surface area contributed by atoms with Gasteiger partial charge < -0.3 is 19.7 Å². The third-order valence-electron chi connectivity index (χ3n) is 6.50. The van der Waals surface area contributed by atoms with E-state index < -0.39 is 31.2 Å². The number of unbranched alkanes of at least 4 members (excludes halogenated alkanes) is 3. The van der Waals surface area contributed by atoms with Crippen molar-refractivity contribution in [3.8, 4) is 33.8 Å². The lowest BCUT2D eigenvalue weighted by Crippen LogP contribution is -2.13. The van der Waals surface area contributed by atoms with Crippen LogP contribution in [-0.4, -0.2) is 42.2 Å². The zero-order valence-electron chi connectivity index (χ0n) is 24.1. The van der Waals surface area contributed by atoms with E-state index in [2.05, 4.69) is 24.1 Å². The van der Waals surface area contributed by atoms with E-state index in [-0.39, 0.29) is 23.7 Å². The van der Waals surface area contributed by atoms with E-state index in [1.807, 2.05) is 36.4 Å². The minimum absolute atomic E-state index is 0.0654. The smallest absolute Gasteiger partial charge is 0.383 e. The first-order valence-corrected chi connectivity index (χ1v) is 13.8. The van der Waals surface area contributed by atoms with Crippen LogP contribution < -0.4 is 9.62 Å². The molecule has 3 aromatic rings. The molecule has 0 amide bonds. The van der Waals surface area contributed by atoms with Crippen molar-refractivity contribution >= 4 is 11.9 Å². The Hall–Kier alpha value is -4.80. The van der Waals surface area contributed by atoms with Crippen LogP contribution >= 0.6 is 0 Å². The number of allylic oxidation sites excluding steroid dienone is 1. The summed E-state index contributed by atoms with van der Waals surface area (Å²) in [5, 5.41) is 17.9. The number of carbonyl (C=O) groups excluding carboxylic acids is 2. The van der Waals surface area contributed by atoms with Gasteiger partial charge in [-0.3, -0.25) is 4.89 Å². The average Bonchev–Trinajstić information content (AvgIpc) is 3.04. The molecule has 0 saturated carbocycles. The molecule has 0 heterocycles. The van der Waals surface area contributed by atoms with Gasteiger partial charge in [-0.15, -0.1) is 0 Å². The van der Waals surface area contributed by atoms with E-state index in [4.69, 9.17) is 24.6 Å². The molecule has 0 aliphatic rings. The highest BCUT2D eigenvalue weighted by Gasteiger charge is 2.12. The van der Waals surface area contributed by atoms with Crippen LogP contribution in [0, 0.1) is 0 Å². The monoisotopic (exact) mass is 608 g/mol. The van der Waals surface area contributed by atoms with Gasteiger partial charge in [-0.1, -0.05) is 62.0 Å². The molecule has 232 valence electrons. The Kier molecular flexibility index (Phi) is 13.3. The van der Waals surface area contributed by atoms with Crippen LogP contribution in [0.3, 0.4) is 0 Å². The zero-order valence-corrected chi connectivity index (χ0v) is 24.1. The van der Waals surface area contributed by atoms with E-state index in [0.29, 0.717) is 18.6 Å². The fraction of sp³-hybridized carbons (Fsp3) is 0.235. The van der Waals surface area contributed by atoms with Gasteiger partial charge in [0.05, 0.1) is 24.4 Å². The number of hydrogen-bond acceptors (Lipinski definition) is 8. The number of ether oxygens (including phenoxy) is 2. The molecule has 2 N–H and O–H groups in total. The summed E-state index contributed by atoms with van der Waals surface area (Å²) in [4.78, 5) is 33.0. The minimum atomic E-state index is -1.66. The number of aliphatic hydroxyl groups is 2. The lowest BCUT2D eigenvalue weighted by molar-refractivity contribution is -0.209. The normalized spacial score (nSPS) is 10.5. The van der Waals surface area contributed by atoms with E-state index in [0.717, 1.165) is 53.2 Å². The maximum absolute atomic E-state index is 12.4. The summed E-state index contributed by atoms with van der Waals surface area (Å²) in [6, 6.07) is 20.3. The lowest BCUT2D eigenvalue weighted by Gasteiger charge is -2.14. The van der Waals surface area contributed by atoms with E-state index in [1.54, 1.807) is 24.3 Å². The molecule has 0 saturated heterocycles. The fourth-order valence-corrected chi connectivity index (χ4v) is 4.07. The standard InChI is InChI=1S/C34H34F2O8/c1-23(20-37)33(39)42-22-41-29-14-9-25(10-15-29)27-13-18-31(28(19-27)7-5-3-4-6-8-32(35)36)26-11-16-30(17-12-26)43-44-34(40)24(2)21-38/h8-19,37-38H,1-7,20-22H2. The van der Waals surface area contributed by atoms with Gasteiger partial charge in [-0.2, -0.15) is 8.78 Å². The van der Waals surface area contributed by atoms with Gasteiger partial charge in [0.15, 0.2) is 5.75 Å². The van der Waals surface area contributed by atoms with Crippen LogP contribution in [0.25, 0.3) is 22.3 Å². The number of carbonyl (C=O) groups is 2.